The maximum absolute atomic E-state index is 11.7. The third-order valence-electron chi connectivity index (χ3n) is 2.80. The molecule has 0 aliphatic rings. The molecule has 1 aromatic rings. The van der Waals surface area contributed by atoms with E-state index in [-0.39, 0.29) is 12.1 Å². The fourth-order valence-corrected chi connectivity index (χ4v) is 1.53. The summed E-state index contributed by atoms with van der Waals surface area (Å²) in [5, 5.41) is 3.30. The molecule has 1 aromatic carbocycles. The molecule has 19 heavy (non-hydrogen) atoms. The Bertz CT molecular complexity index is 404. The van der Waals surface area contributed by atoms with Gasteiger partial charge in [0.1, 0.15) is 6.10 Å². The van der Waals surface area contributed by atoms with Crippen LogP contribution in [-0.4, -0.2) is 18.6 Å². The van der Waals surface area contributed by atoms with Crippen LogP contribution in [0, 0.1) is 12.3 Å². The summed E-state index contributed by atoms with van der Waals surface area (Å²) in [5.41, 5.74) is 2.06. The zero-order valence-corrected chi connectivity index (χ0v) is 12.6. The van der Waals surface area contributed by atoms with Gasteiger partial charge in [0.25, 0.3) is 0 Å². The Balaban J connectivity index is 2.29. The van der Waals surface area contributed by atoms with E-state index in [9.17, 15) is 4.79 Å². The number of hydrogen-bond donors (Lipinski definition) is 1. The molecule has 1 N–H and O–H groups in total. The Kier molecular flexibility index (Phi) is 5.55. The molecule has 1 unspecified atom stereocenters. The van der Waals surface area contributed by atoms with E-state index in [2.05, 4.69) is 36.5 Å². The first kappa shape index (κ1) is 15.7. The van der Waals surface area contributed by atoms with Gasteiger partial charge in [-0.1, -0.05) is 29.8 Å². The SMILES string of the molecule is Cc1ccc(CNCC(C)OC(=O)C(C)(C)C)cc1. The highest BCUT2D eigenvalue weighted by Crippen LogP contribution is 2.16. The van der Waals surface area contributed by atoms with Gasteiger partial charge in [-0.2, -0.15) is 0 Å². The first-order valence-corrected chi connectivity index (χ1v) is 6.76. The van der Waals surface area contributed by atoms with Crippen LogP contribution in [-0.2, 0) is 16.1 Å². The summed E-state index contributed by atoms with van der Waals surface area (Å²) in [6.07, 6.45) is -0.114. The molecule has 0 amide bonds. The smallest absolute Gasteiger partial charge is 0.311 e. The van der Waals surface area contributed by atoms with Gasteiger partial charge >= 0.3 is 5.97 Å². The van der Waals surface area contributed by atoms with Gasteiger partial charge in [0.15, 0.2) is 0 Å². The molecule has 0 aliphatic carbocycles. The van der Waals surface area contributed by atoms with Crippen molar-refractivity contribution in [1.29, 1.82) is 0 Å². The molecule has 106 valence electrons. The molecular formula is C16H25NO2. The number of rotatable bonds is 5. The fraction of sp³-hybridized carbons (Fsp3) is 0.562. The van der Waals surface area contributed by atoms with Crippen molar-refractivity contribution in [1.82, 2.24) is 5.32 Å². The van der Waals surface area contributed by atoms with E-state index in [0.29, 0.717) is 6.54 Å². The molecule has 1 atom stereocenters. The Hall–Kier alpha value is -1.35. The lowest BCUT2D eigenvalue weighted by atomic mass is 9.97. The van der Waals surface area contributed by atoms with Crippen molar-refractivity contribution in [3.05, 3.63) is 35.4 Å². The quantitative estimate of drug-likeness (QED) is 0.830. The second-order valence-corrected chi connectivity index (χ2v) is 6.08. The number of esters is 1. The van der Waals surface area contributed by atoms with Crippen LogP contribution in [0.15, 0.2) is 24.3 Å². The standard InChI is InChI=1S/C16H25NO2/c1-12-6-8-14(9-7-12)11-17-10-13(2)19-15(18)16(3,4)5/h6-9,13,17H,10-11H2,1-5H3. The highest BCUT2D eigenvalue weighted by atomic mass is 16.5. The molecule has 0 saturated heterocycles. The number of nitrogens with one attached hydrogen (secondary N) is 1. The summed E-state index contributed by atoms with van der Waals surface area (Å²) < 4.78 is 5.37. The van der Waals surface area contributed by atoms with E-state index in [1.54, 1.807) is 0 Å². The third-order valence-corrected chi connectivity index (χ3v) is 2.80. The summed E-state index contributed by atoms with van der Waals surface area (Å²) in [6.45, 7) is 11.0. The summed E-state index contributed by atoms with van der Waals surface area (Å²) in [5.74, 6) is -0.155. The molecule has 1 rings (SSSR count). The maximum atomic E-state index is 11.7. The average Bonchev–Trinajstić information content (AvgIpc) is 2.30. The summed E-state index contributed by atoms with van der Waals surface area (Å²) >= 11 is 0. The number of carbonyl (C=O) groups excluding carboxylic acids is 1. The Morgan fingerprint density at radius 1 is 1.26 bits per heavy atom. The molecule has 0 spiro atoms. The van der Waals surface area contributed by atoms with Gasteiger partial charge < -0.3 is 10.1 Å². The van der Waals surface area contributed by atoms with E-state index in [4.69, 9.17) is 4.74 Å². The Labute approximate surface area is 116 Å². The molecule has 0 heterocycles. The molecule has 0 aromatic heterocycles. The number of carbonyl (C=O) groups is 1. The lowest BCUT2D eigenvalue weighted by Gasteiger charge is -2.21. The summed E-state index contributed by atoms with van der Waals surface area (Å²) in [7, 11) is 0. The van der Waals surface area contributed by atoms with E-state index >= 15 is 0 Å². The Morgan fingerprint density at radius 3 is 2.37 bits per heavy atom. The number of aryl methyl sites for hydroxylation is 1. The fourth-order valence-electron chi connectivity index (χ4n) is 1.53. The van der Waals surface area contributed by atoms with Crippen LogP contribution < -0.4 is 5.32 Å². The average molecular weight is 263 g/mol. The van der Waals surface area contributed by atoms with Crippen LogP contribution >= 0.6 is 0 Å². The minimum absolute atomic E-state index is 0.114. The van der Waals surface area contributed by atoms with Crippen LogP contribution in [0.3, 0.4) is 0 Å². The van der Waals surface area contributed by atoms with Crippen LogP contribution in [0.2, 0.25) is 0 Å². The number of hydrogen-bond acceptors (Lipinski definition) is 3. The Morgan fingerprint density at radius 2 is 1.84 bits per heavy atom. The predicted octanol–water partition coefficient (Wildman–Crippen LogP) is 3.06. The van der Waals surface area contributed by atoms with Crippen molar-refractivity contribution in [2.45, 2.75) is 47.3 Å². The van der Waals surface area contributed by atoms with E-state index < -0.39 is 5.41 Å². The van der Waals surface area contributed by atoms with Gasteiger partial charge in [0, 0.05) is 13.1 Å². The highest BCUT2D eigenvalue weighted by Gasteiger charge is 2.24. The highest BCUT2D eigenvalue weighted by molar-refractivity contribution is 5.75. The number of benzene rings is 1. The first-order chi connectivity index (χ1) is 8.79. The van der Waals surface area contributed by atoms with Crippen molar-refractivity contribution < 1.29 is 9.53 Å². The molecular weight excluding hydrogens is 238 g/mol. The second-order valence-electron chi connectivity index (χ2n) is 6.08. The van der Waals surface area contributed by atoms with Gasteiger partial charge in [-0.3, -0.25) is 4.79 Å². The predicted molar refractivity (Wildman–Crippen MR) is 77.9 cm³/mol. The van der Waals surface area contributed by atoms with Crippen LogP contribution in [0.5, 0.6) is 0 Å². The van der Waals surface area contributed by atoms with Crippen LogP contribution in [0.1, 0.15) is 38.8 Å². The van der Waals surface area contributed by atoms with Gasteiger partial charge in [0.2, 0.25) is 0 Å². The summed E-state index contributed by atoms with van der Waals surface area (Å²) in [6, 6.07) is 8.41. The van der Waals surface area contributed by atoms with Gasteiger partial charge in [0.05, 0.1) is 5.41 Å². The van der Waals surface area contributed by atoms with E-state index in [1.165, 1.54) is 11.1 Å². The maximum Gasteiger partial charge on any atom is 0.311 e. The second kappa shape index (κ2) is 6.71. The minimum atomic E-state index is -0.439. The zero-order valence-electron chi connectivity index (χ0n) is 12.6. The van der Waals surface area contributed by atoms with Crippen LogP contribution in [0.4, 0.5) is 0 Å². The van der Waals surface area contributed by atoms with Crippen molar-refractivity contribution in [3.63, 3.8) is 0 Å². The molecule has 0 radical (unpaired) electrons. The van der Waals surface area contributed by atoms with Gasteiger partial charge in [-0.25, -0.2) is 0 Å². The molecule has 3 nitrogen and oxygen atoms in total. The topological polar surface area (TPSA) is 38.3 Å². The molecule has 0 bridgehead atoms. The minimum Gasteiger partial charge on any atom is -0.461 e. The molecule has 3 heteroatoms. The first-order valence-electron chi connectivity index (χ1n) is 6.76. The summed E-state index contributed by atoms with van der Waals surface area (Å²) in [4.78, 5) is 11.7. The van der Waals surface area contributed by atoms with Crippen LogP contribution in [0.25, 0.3) is 0 Å². The van der Waals surface area contributed by atoms with Crippen molar-refractivity contribution in [3.8, 4) is 0 Å². The lowest BCUT2D eigenvalue weighted by Crippen LogP contribution is -2.33. The largest absolute Gasteiger partial charge is 0.461 e. The number of ether oxygens (including phenoxy) is 1. The van der Waals surface area contributed by atoms with Gasteiger partial charge in [-0.05, 0) is 40.2 Å². The molecule has 0 saturated carbocycles. The molecule has 0 aliphatic heterocycles. The van der Waals surface area contributed by atoms with E-state index in [0.717, 1.165) is 6.54 Å². The monoisotopic (exact) mass is 263 g/mol. The van der Waals surface area contributed by atoms with Crippen molar-refractivity contribution in [2.75, 3.05) is 6.54 Å². The zero-order chi connectivity index (χ0) is 14.5. The third kappa shape index (κ3) is 5.88. The van der Waals surface area contributed by atoms with E-state index in [1.807, 2.05) is 27.7 Å². The molecule has 0 fully saturated rings. The van der Waals surface area contributed by atoms with Crippen molar-refractivity contribution in [2.24, 2.45) is 5.41 Å². The lowest BCUT2D eigenvalue weighted by molar-refractivity contribution is -0.157. The van der Waals surface area contributed by atoms with Crippen molar-refractivity contribution >= 4 is 5.97 Å². The normalized spacial score (nSPS) is 13.1. The van der Waals surface area contributed by atoms with Gasteiger partial charge in [-0.15, -0.1) is 0 Å².